The number of thiophene rings is 1. The first-order chi connectivity index (χ1) is 14.5. The average Bonchev–Trinajstić information content (AvgIpc) is 3.34. The van der Waals surface area contributed by atoms with E-state index in [0.29, 0.717) is 16.7 Å². The van der Waals surface area contributed by atoms with Crippen molar-refractivity contribution in [3.63, 3.8) is 0 Å². The van der Waals surface area contributed by atoms with Gasteiger partial charge < -0.3 is 5.73 Å². The highest BCUT2D eigenvalue weighted by molar-refractivity contribution is 7.14. The molecule has 4 aromatic rings. The van der Waals surface area contributed by atoms with Gasteiger partial charge in [-0.2, -0.15) is 5.10 Å². The van der Waals surface area contributed by atoms with Gasteiger partial charge in [0.1, 0.15) is 17.1 Å². The molecule has 1 aromatic carbocycles. The zero-order valence-corrected chi connectivity index (χ0v) is 17.7. The molecule has 0 bridgehead atoms. The van der Waals surface area contributed by atoms with Crippen LogP contribution in [0, 0.1) is 5.82 Å². The summed E-state index contributed by atoms with van der Waals surface area (Å²) in [7, 11) is 0. The van der Waals surface area contributed by atoms with Gasteiger partial charge in [0, 0.05) is 22.9 Å². The summed E-state index contributed by atoms with van der Waals surface area (Å²) in [6, 6.07) is 11.1. The maximum absolute atomic E-state index is 14.4. The zero-order valence-electron chi connectivity index (χ0n) is 16.1. The molecule has 3 heterocycles. The Morgan fingerprint density at radius 2 is 1.97 bits per heavy atom. The first kappa shape index (κ1) is 22.6. The lowest BCUT2D eigenvalue weighted by atomic mass is 10.2. The molecular weight excluding hydrogens is 448 g/mol. The van der Waals surface area contributed by atoms with Crippen LogP contribution in [0.2, 0.25) is 0 Å². The number of benzene rings is 1. The van der Waals surface area contributed by atoms with E-state index in [2.05, 4.69) is 5.10 Å². The van der Waals surface area contributed by atoms with Crippen LogP contribution in [-0.2, 0) is 13.1 Å². The van der Waals surface area contributed by atoms with Crippen molar-refractivity contribution in [2.75, 3.05) is 6.54 Å². The van der Waals surface area contributed by atoms with Gasteiger partial charge in [-0.25, -0.2) is 18.3 Å². The molecule has 31 heavy (non-hydrogen) atoms. The molecule has 4 rings (SSSR count). The molecule has 0 unspecified atom stereocenters. The molecule has 0 fully saturated rings. The summed E-state index contributed by atoms with van der Waals surface area (Å²) in [5.41, 5.74) is 5.11. The second-order valence-electron chi connectivity index (χ2n) is 6.60. The first-order valence-electron chi connectivity index (χ1n) is 9.01. The number of aromatic nitrogens is 4. The fourth-order valence-electron chi connectivity index (χ4n) is 3.13. The molecule has 11 heteroatoms. The fourth-order valence-corrected chi connectivity index (χ4v) is 4.15. The Hall–Kier alpha value is -3.08. The summed E-state index contributed by atoms with van der Waals surface area (Å²) in [4.78, 5) is 25.7. The van der Waals surface area contributed by atoms with Gasteiger partial charge in [0.25, 0.3) is 5.56 Å². The molecule has 0 atom stereocenters. The third kappa shape index (κ3) is 4.36. The van der Waals surface area contributed by atoms with Crippen molar-refractivity contribution in [2.24, 2.45) is 5.73 Å². The van der Waals surface area contributed by atoms with Crippen LogP contribution in [0.3, 0.4) is 0 Å². The van der Waals surface area contributed by atoms with Gasteiger partial charge in [0.05, 0.1) is 24.9 Å². The second-order valence-corrected chi connectivity index (χ2v) is 7.74. The normalized spacial score (nSPS) is 11.6. The van der Waals surface area contributed by atoms with Crippen LogP contribution < -0.4 is 17.0 Å². The lowest BCUT2D eigenvalue weighted by Crippen LogP contribution is -2.26. The maximum atomic E-state index is 14.4. The monoisotopic (exact) mass is 465 g/mol. The highest BCUT2D eigenvalue weighted by atomic mass is 35.5. The van der Waals surface area contributed by atoms with Crippen LogP contribution in [0.5, 0.6) is 0 Å². The van der Waals surface area contributed by atoms with E-state index < -0.39 is 11.5 Å². The molecule has 0 radical (unpaired) electrons. The van der Waals surface area contributed by atoms with Gasteiger partial charge in [-0.1, -0.05) is 12.1 Å². The van der Waals surface area contributed by atoms with E-state index >= 15 is 0 Å². The van der Waals surface area contributed by atoms with Crippen LogP contribution in [0.25, 0.3) is 15.9 Å². The standard InChI is InChI=1S/C20H17F2N5O2S.ClH/c21-8-13(9-23)10-26-20(29)25(12-24-26)11-15-5-7-18(30-15)27-17(28)6-4-14-2-1-3-16(22)19(14)27;/h1-8,12H,9-11,23H2;1H/b13-8+;. The molecule has 0 saturated carbocycles. The number of pyridine rings is 1. The third-order valence-corrected chi connectivity index (χ3v) is 5.68. The Morgan fingerprint density at radius 1 is 1.16 bits per heavy atom. The number of halogens is 3. The van der Waals surface area contributed by atoms with E-state index in [1.807, 2.05) is 0 Å². The summed E-state index contributed by atoms with van der Waals surface area (Å²) >= 11 is 1.27. The minimum atomic E-state index is -0.491. The molecule has 162 valence electrons. The number of hydrogen-bond acceptors (Lipinski definition) is 5. The smallest absolute Gasteiger partial charge is 0.327 e. The fraction of sp³-hybridized carbons (Fsp3) is 0.150. The minimum absolute atomic E-state index is 0. The number of rotatable bonds is 6. The van der Waals surface area contributed by atoms with Crippen molar-refractivity contribution in [3.8, 4) is 5.00 Å². The summed E-state index contributed by atoms with van der Waals surface area (Å²) in [6.07, 6.45) is 1.73. The molecule has 0 spiro atoms. The number of fused-ring (bicyclic) bond motifs is 1. The Bertz CT molecular complexity index is 1370. The van der Waals surface area contributed by atoms with Gasteiger partial charge in [-0.05, 0) is 29.8 Å². The summed E-state index contributed by atoms with van der Waals surface area (Å²) in [6.45, 7) is 0.169. The number of nitrogens with two attached hydrogens (primary N) is 1. The molecule has 0 aliphatic heterocycles. The number of hydrogen-bond donors (Lipinski definition) is 1. The third-order valence-electron chi connectivity index (χ3n) is 4.63. The quantitative estimate of drug-likeness (QED) is 0.474. The van der Waals surface area contributed by atoms with Crippen molar-refractivity contribution >= 4 is 34.6 Å². The second kappa shape index (κ2) is 9.38. The molecule has 0 amide bonds. The van der Waals surface area contributed by atoms with Crippen LogP contribution in [-0.4, -0.2) is 25.5 Å². The van der Waals surface area contributed by atoms with E-state index in [0.717, 1.165) is 9.56 Å². The number of nitrogens with zero attached hydrogens (tertiary/aromatic N) is 4. The zero-order chi connectivity index (χ0) is 21.3. The predicted molar refractivity (Wildman–Crippen MR) is 118 cm³/mol. The highest BCUT2D eigenvalue weighted by Crippen LogP contribution is 2.25. The SMILES string of the molecule is Cl.NC/C(=C\F)Cn1ncn(Cc2ccc(-n3c(=O)ccc4cccc(F)c43)s2)c1=O. The van der Waals surface area contributed by atoms with Crippen molar-refractivity contribution in [2.45, 2.75) is 13.1 Å². The molecule has 7 nitrogen and oxygen atoms in total. The van der Waals surface area contributed by atoms with E-state index in [9.17, 15) is 18.4 Å². The minimum Gasteiger partial charge on any atom is -0.327 e. The van der Waals surface area contributed by atoms with Crippen molar-refractivity contribution in [3.05, 3.63) is 92.2 Å². The van der Waals surface area contributed by atoms with Crippen molar-refractivity contribution in [1.29, 1.82) is 0 Å². The highest BCUT2D eigenvalue weighted by Gasteiger charge is 2.13. The lowest BCUT2D eigenvalue weighted by molar-refractivity contribution is 0.604. The predicted octanol–water partition coefficient (Wildman–Crippen LogP) is 2.83. The Morgan fingerprint density at radius 3 is 2.71 bits per heavy atom. The van der Waals surface area contributed by atoms with Gasteiger partial charge in [0.2, 0.25) is 0 Å². The van der Waals surface area contributed by atoms with Crippen molar-refractivity contribution in [1.82, 2.24) is 18.9 Å². The van der Waals surface area contributed by atoms with E-state index in [-0.39, 0.29) is 48.7 Å². The van der Waals surface area contributed by atoms with Crippen molar-refractivity contribution < 1.29 is 8.78 Å². The van der Waals surface area contributed by atoms with Crippen LogP contribution in [0.4, 0.5) is 8.78 Å². The van der Waals surface area contributed by atoms with E-state index in [4.69, 9.17) is 5.73 Å². The van der Waals surface area contributed by atoms with E-state index in [1.54, 1.807) is 30.3 Å². The molecule has 2 N–H and O–H groups in total. The molecule has 0 aliphatic rings. The maximum Gasteiger partial charge on any atom is 0.346 e. The Kier molecular flexibility index (Phi) is 6.84. The Labute approximate surface area is 185 Å². The van der Waals surface area contributed by atoms with Gasteiger partial charge in [0.15, 0.2) is 0 Å². The van der Waals surface area contributed by atoms with Crippen LogP contribution in [0.1, 0.15) is 4.88 Å². The summed E-state index contributed by atoms with van der Waals surface area (Å²) in [5, 5.41) is 5.13. The average molecular weight is 466 g/mol. The lowest BCUT2D eigenvalue weighted by Gasteiger charge is -2.08. The molecule has 0 saturated heterocycles. The van der Waals surface area contributed by atoms with Gasteiger partial charge >= 0.3 is 5.69 Å². The molecular formula is C20H18ClF2N5O2S. The topological polar surface area (TPSA) is 87.8 Å². The Balaban J connectivity index is 0.00000272. The van der Waals surface area contributed by atoms with Crippen LogP contribution >= 0.6 is 23.7 Å². The van der Waals surface area contributed by atoms with Gasteiger partial charge in [-0.3, -0.25) is 13.9 Å². The molecule has 0 aliphatic carbocycles. The summed E-state index contributed by atoms with van der Waals surface area (Å²) < 4.78 is 31.0. The first-order valence-corrected chi connectivity index (χ1v) is 9.83. The largest absolute Gasteiger partial charge is 0.346 e. The summed E-state index contributed by atoms with van der Waals surface area (Å²) in [5.74, 6) is -0.491. The van der Waals surface area contributed by atoms with E-state index in [1.165, 1.54) is 38.9 Å². The van der Waals surface area contributed by atoms with Crippen LogP contribution in [0.15, 0.2) is 70.3 Å². The molecule has 3 aromatic heterocycles. The van der Waals surface area contributed by atoms with Gasteiger partial charge in [-0.15, -0.1) is 23.7 Å². The number of para-hydroxylation sites is 1.